The van der Waals surface area contributed by atoms with Gasteiger partial charge in [-0.25, -0.2) is 0 Å². The summed E-state index contributed by atoms with van der Waals surface area (Å²) < 4.78 is 5.19. The van der Waals surface area contributed by atoms with Crippen LogP contribution in [-0.4, -0.2) is 62.0 Å². The van der Waals surface area contributed by atoms with E-state index in [-0.39, 0.29) is 12.5 Å². The molecule has 1 aromatic rings. The number of nitrogens with zero attached hydrogens (tertiary/aromatic N) is 2. The Balaban J connectivity index is 1.90. The van der Waals surface area contributed by atoms with Gasteiger partial charge in [0.15, 0.2) is 0 Å². The van der Waals surface area contributed by atoms with Crippen molar-refractivity contribution in [2.75, 3.05) is 45.2 Å². The van der Waals surface area contributed by atoms with Crippen LogP contribution in [0.15, 0.2) is 18.2 Å². The molecule has 1 aromatic carbocycles. The second-order valence-corrected chi connectivity index (χ2v) is 5.25. The number of rotatable bonds is 5. The summed E-state index contributed by atoms with van der Waals surface area (Å²) in [6.45, 7) is 2.97. The van der Waals surface area contributed by atoms with Crippen LogP contribution in [0.1, 0.15) is 0 Å². The van der Waals surface area contributed by atoms with Crippen molar-refractivity contribution in [1.29, 1.82) is 0 Å². The summed E-state index contributed by atoms with van der Waals surface area (Å²) >= 11 is 5.93. The number of benzene rings is 1. The summed E-state index contributed by atoms with van der Waals surface area (Å²) in [4.78, 5) is 26.4. The number of nitrogens with one attached hydrogen (secondary N) is 1. The van der Waals surface area contributed by atoms with Gasteiger partial charge in [-0.05, 0) is 18.2 Å². The number of carbonyl (C=O) groups is 2. The van der Waals surface area contributed by atoms with E-state index < -0.39 is 0 Å². The Kier molecular flexibility index (Phi) is 5.41. The van der Waals surface area contributed by atoms with E-state index in [1.807, 2.05) is 4.90 Å². The number of hydrogen-bond acceptors (Lipinski definition) is 4. The van der Waals surface area contributed by atoms with Crippen LogP contribution in [0.4, 0.5) is 5.69 Å². The molecule has 0 saturated carbocycles. The predicted octanol–water partition coefficient (Wildman–Crippen LogP) is 1.06. The molecule has 1 heterocycles. The zero-order chi connectivity index (χ0) is 15.2. The van der Waals surface area contributed by atoms with Crippen molar-refractivity contribution in [3.8, 4) is 5.75 Å². The fourth-order valence-corrected chi connectivity index (χ4v) is 2.37. The van der Waals surface area contributed by atoms with Crippen molar-refractivity contribution in [2.45, 2.75) is 0 Å². The lowest BCUT2D eigenvalue weighted by molar-refractivity contribution is -0.120. The van der Waals surface area contributed by atoms with E-state index in [1.54, 1.807) is 23.1 Å². The number of methoxy groups -OCH3 is 1. The molecule has 0 bridgehead atoms. The number of halogens is 1. The van der Waals surface area contributed by atoms with Gasteiger partial charge in [-0.1, -0.05) is 11.6 Å². The van der Waals surface area contributed by atoms with Crippen molar-refractivity contribution in [1.82, 2.24) is 9.80 Å². The predicted molar refractivity (Wildman–Crippen MR) is 80.7 cm³/mol. The van der Waals surface area contributed by atoms with Gasteiger partial charge in [0.05, 0.1) is 19.3 Å². The van der Waals surface area contributed by atoms with Crippen LogP contribution in [-0.2, 0) is 9.59 Å². The van der Waals surface area contributed by atoms with Crippen LogP contribution in [0.5, 0.6) is 5.75 Å². The normalized spacial score (nSPS) is 15.6. The van der Waals surface area contributed by atoms with Gasteiger partial charge in [0, 0.05) is 31.2 Å². The quantitative estimate of drug-likeness (QED) is 0.826. The maximum Gasteiger partial charge on any atom is 0.238 e. The van der Waals surface area contributed by atoms with Crippen molar-refractivity contribution in [3.63, 3.8) is 0 Å². The summed E-state index contributed by atoms with van der Waals surface area (Å²) in [6.07, 6.45) is 0.842. The minimum Gasteiger partial charge on any atom is -0.495 e. The topological polar surface area (TPSA) is 61.9 Å². The van der Waals surface area contributed by atoms with Gasteiger partial charge >= 0.3 is 0 Å². The Morgan fingerprint density at radius 1 is 1.38 bits per heavy atom. The number of hydrogen-bond donors (Lipinski definition) is 1. The fourth-order valence-electron chi connectivity index (χ4n) is 2.20. The molecule has 1 aliphatic heterocycles. The van der Waals surface area contributed by atoms with Crippen molar-refractivity contribution >= 4 is 29.6 Å². The minimum atomic E-state index is -0.130. The molecule has 0 radical (unpaired) electrons. The standard InChI is InChI=1S/C14H18ClN3O3/c1-21-13-3-2-11(15)8-12(13)16-14(20)9-17-4-6-18(10-19)7-5-17/h2-3,8,10H,4-7,9H2,1H3,(H,16,20). The Labute approximate surface area is 128 Å². The number of piperazine rings is 1. The average Bonchev–Trinajstić information content (AvgIpc) is 2.48. The third-order valence-corrected chi connectivity index (χ3v) is 3.59. The molecule has 2 rings (SSSR count). The first-order valence-corrected chi connectivity index (χ1v) is 7.05. The van der Waals surface area contributed by atoms with E-state index in [2.05, 4.69) is 5.32 Å². The lowest BCUT2D eigenvalue weighted by atomic mass is 10.2. The van der Waals surface area contributed by atoms with Gasteiger partial charge in [-0.3, -0.25) is 14.5 Å². The highest BCUT2D eigenvalue weighted by Crippen LogP contribution is 2.27. The van der Waals surface area contributed by atoms with Gasteiger partial charge in [0.25, 0.3) is 0 Å². The van der Waals surface area contributed by atoms with Gasteiger partial charge in [-0.15, -0.1) is 0 Å². The highest BCUT2D eigenvalue weighted by atomic mass is 35.5. The van der Waals surface area contributed by atoms with Crippen LogP contribution in [0.3, 0.4) is 0 Å². The molecule has 1 fully saturated rings. The molecule has 1 aliphatic rings. The molecule has 114 valence electrons. The molecular weight excluding hydrogens is 294 g/mol. The first-order chi connectivity index (χ1) is 10.1. The van der Waals surface area contributed by atoms with Crippen molar-refractivity contribution in [2.24, 2.45) is 0 Å². The van der Waals surface area contributed by atoms with E-state index in [9.17, 15) is 9.59 Å². The number of anilines is 1. The molecule has 6 nitrogen and oxygen atoms in total. The molecule has 0 atom stereocenters. The van der Waals surface area contributed by atoms with Gasteiger partial charge in [-0.2, -0.15) is 0 Å². The molecule has 21 heavy (non-hydrogen) atoms. The molecule has 0 aromatic heterocycles. The van der Waals surface area contributed by atoms with E-state index >= 15 is 0 Å². The lowest BCUT2D eigenvalue weighted by Crippen LogP contribution is -2.48. The molecule has 0 spiro atoms. The average molecular weight is 312 g/mol. The molecule has 0 aliphatic carbocycles. The second kappa shape index (κ2) is 7.28. The number of amides is 2. The minimum absolute atomic E-state index is 0.130. The Morgan fingerprint density at radius 3 is 2.71 bits per heavy atom. The first kappa shape index (κ1) is 15.6. The summed E-state index contributed by atoms with van der Waals surface area (Å²) in [7, 11) is 1.54. The summed E-state index contributed by atoms with van der Waals surface area (Å²) in [5.74, 6) is 0.439. The molecule has 1 N–H and O–H groups in total. The summed E-state index contributed by atoms with van der Waals surface area (Å²) in [5, 5.41) is 3.33. The Morgan fingerprint density at radius 2 is 2.10 bits per heavy atom. The molecular formula is C14H18ClN3O3. The lowest BCUT2D eigenvalue weighted by Gasteiger charge is -2.31. The van der Waals surface area contributed by atoms with Crippen LogP contribution < -0.4 is 10.1 Å². The van der Waals surface area contributed by atoms with E-state index in [0.29, 0.717) is 42.6 Å². The van der Waals surface area contributed by atoms with Crippen LogP contribution in [0.25, 0.3) is 0 Å². The second-order valence-electron chi connectivity index (χ2n) is 4.81. The molecule has 0 unspecified atom stereocenters. The van der Waals surface area contributed by atoms with Crippen LogP contribution in [0, 0.1) is 0 Å². The van der Waals surface area contributed by atoms with E-state index in [0.717, 1.165) is 6.41 Å². The van der Waals surface area contributed by atoms with E-state index in [4.69, 9.17) is 16.3 Å². The maximum atomic E-state index is 12.1. The van der Waals surface area contributed by atoms with Crippen molar-refractivity contribution < 1.29 is 14.3 Å². The van der Waals surface area contributed by atoms with Gasteiger partial charge < -0.3 is 15.0 Å². The maximum absolute atomic E-state index is 12.1. The van der Waals surface area contributed by atoms with E-state index in [1.165, 1.54) is 7.11 Å². The first-order valence-electron chi connectivity index (χ1n) is 6.67. The smallest absolute Gasteiger partial charge is 0.238 e. The highest BCUT2D eigenvalue weighted by molar-refractivity contribution is 6.31. The Bertz CT molecular complexity index is 516. The third-order valence-electron chi connectivity index (χ3n) is 3.36. The Hall–Kier alpha value is -1.79. The highest BCUT2D eigenvalue weighted by Gasteiger charge is 2.18. The van der Waals surface area contributed by atoms with Crippen LogP contribution in [0.2, 0.25) is 5.02 Å². The molecule has 1 saturated heterocycles. The monoisotopic (exact) mass is 311 g/mol. The van der Waals surface area contributed by atoms with Crippen LogP contribution >= 0.6 is 11.6 Å². The van der Waals surface area contributed by atoms with Gasteiger partial charge in [0.2, 0.25) is 12.3 Å². The zero-order valence-corrected chi connectivity index (χ0v) is 12.6. The SMILES string of the molecule is COc1ccc(Cl)cc1NC(=O)CN1CCN(C=O)CC1. The molecule has 7 heteroatoms. The summed E-state index contributed by atoms with van der Waals surface area (Å²) in [5.41, 5.74) is 0.557. The third kappa shape index (κ3) is 4.34. The fraction of sp³-hybridized carbons (Fsp3) is 0.429. The zero-order valence-electron chi connectivity index (χ0n) is 11.8. The van der Waals surface area contributed by atoms with Crippen molar-refractivity contribution in [3.05, 3.63) is 23.2 Å². The number of ether oxygens (including phenoxy) is 1. The largest absolute Gasteiger partial charge is 0.495 e. The number of carbonyl (C=O) groups excluding carboxylic acids is 2. The molecule has 2 amide bonds. The van der Waals surface area contributed by atoms with Gasteiger partial charge in [0.1, 0.15) is 5.75 Å². The summed E-state index contributed by atoms with van der Waals surface area (Å²) in [6, 6.07) is 5.07.